The molecule has 1 N–H and O–H groups in total. The number of likely N-dealkylation sites (tertiary alicyclic amines) is 2. The Labute approximate surface area is 138 Å². The summed E-state index contributed by atoms with van der Waals surface area (Å²) in [6.45, 7) is 7.48. The van der Waals surface area contributed by atoms with Gasteiger partial charge < -0.3 is 15.1 Å². The van der Waals surface area contributed by atoms with Gasteiger partial charge in [0.05, 0.1) is 0 Å². The number of nitrogens with one attached hydrogen (secondary N) is 1. The van der Waals surface area contributed by atoms with Gasteiger partial charge in [-0.1, -0.05) is 6.07 Å². The maximum Gasteiger partial charge on any atom is 0.253 e. The molecule has 3 aliphatic heterocycles. The van der Waals surface area contributed by atoms with Gasteiger partial charge in [-0.2, -0.15) is 0 Å². The van der Waals surface area contributed by atoms with E-state index in [1.807, 2.05) is 6.07 Å². The summed E-state index contributed by atoms with van der Waals surface area (Å²) < 4.78 is 0. The summed E-state index contributed by atoms with van der Waals surface area (Å²) in [6, 6.07) is 6.21. The fraction of sp³-hybridized carbons (Fsp3) is 0.632. The van der Waals surface area contributed by atoms with Crippen molar-refractivity contribution in [3.8, 4) is 0 Å². The normalized spacial score (nSPS) is 22.5. The minimum absolute atomic E-state index is 0.222. The van der Waals surface area contributed by atoms with Crippen LogP contribution >= 0.6 is 0 Å². The summed E-state index contributed by atoms with van der Waals surface area (Å²) in [5.41, 5.74) is 3.50. The maximum atomic E-state index is 12.7. The number of amides is 1. The molecular formula is C19H27N3O. The number of carbonyl (C=O) groups is 1. The number of hydrogen-bond donors (Lipinski definition) is 1. The number of piperidine rings is 1. The van der Waals surface area contributed by atoms with Gasteiger partial charge in [0.25, 0.3) is 5.91 Å². The third kappa shape index (κ3) is 3.29. The molecule has 4 rings (SSSR count). The number of hydrogen-bond acceptors (Lipinski definition) is 3. The molecule has 4 nitrogen and oxygen atoms in total. The first-order valence-corrected chi connectivity index (χ1v) is 9.14. The van der Waals surface area contributed by atoms with Crippen molar-refractivity contribution in [2.24, 2.45) is 5.92 Å². The molecule has 0 aromatic heterocycles. The Balaban J connectivity index is 1.33. The molecule has 1 amide bonds. The zero-order chi connectivity index (χ0) is 15.6. The Hall–Kier alpha value is -1.39. The van der Waals surface area contributed by atoms with E-state index in [9.17, 15) is 4.79 Å². The van der Waals surface area contributed by atoms with E-state index in [-0.39, 0.29) is 5.91 Å². The monoisotopic (exact) mass is 313 g/mol. The number of fused-ring (bicyclic) bond motifs is 1. The standard InChI is InChI=1S/C19H27N3O/c23-19(16-3-4-17-12-20-13-18(17)11-16)22-9-5-15(6-10-22)14-21-7-1-2-8-21/h3-4,11,15,20H,1-2,5-10,12-14H2. The van der Waals surface area contributed by atoms with Crippen LogP contribution in [0.25, 0.3) is 0 Å². The highest BCUT2D eigenvalue weighted by atomic mass is 16.2. The Morgan fingerprint density at radius 1 is 1.04 bits per heavy atom. The highest BCUT2D eigenvalue weighted by Gasteiger charge is 2.26. The van der Waals surface area contributed by atoms with Crippen molar-refractivity contribution in [1.29, 1.82) is 0 Å². The van der Waals surface area contributed by atoms with Crippen LogP contribution in [0.1, 0.15) is 47.2 Å². The van der Waals surface area contributed by atoms with E-state index in [2.05, 4.69) is 27.2 Å². The molecule has 124 valence electrons. The van der Waals surface area contributed by atoms with Crippen LogP contribution in [0, 0.1) is 5.92 Å². The lowest BCUT2D eigenvalue weighted by Crippen LogP contribution is -2.41. The highest BCUT2D eigenvalue weighted by molar-refractivity contribution is 5.94. The molecule has 23 heavy (non-hydrogen) atoms. The van der Waals surface area contributed by atoms with Gasteiger partial charge in [0, 0.05) is 38.3 Å². The van der Waals surface area contributed by atoms with Crippen LogP contribution in [-0.2, 0) is 13.1 Å². The first-order chi connectivity index (χ1) is 11.3. The Bertz CT molecular complexity index is 572. The summed E-state index contributed by atoms with van der Waals surface area (Å²) in [7, 11) is 0. The second kappa shape index (κ2) is 6.62. The van der Waals surface area contributed by atoms with Crippen molar-refractivity contribution in [2.45, 2.75) is 38.8 Å². The predicted molar refractivity (Wildman–Crippen MR) is 91.3 cm³/mol. The topological polar surface area (TPSA) is 35.6 Å². The molecule has 2 fully saturated rings. The van der Waals surface area contributed by atoms with Gasteiger partial charge >= 0.3 is 0 Å². The van der Waals surface area contributed by atoms with Crippen molar-refractivity contribution in [1.82, 2.24) is 15.1 Å². The molecule has 0 radical (unpaired) electrons. The van der Waals surface area contributed by atoms with Crippen LogP contribution < -0.4 is 5.32 Å². The lowest BCUT2D eigenvalue weighted by molar-refractivity contribution is 0.0673. The van der Waals surface area contributed by atoms with Crippen LogP contribution in [0.5, 0.6) is 0 Å². The summed E-state index contributed by atoms with van der Waals surface area (Å²) in [5, 5.41) is 3.34. The summed E-state index contributed by atoms with van der Waals surface area (Å²) in [5.74, 6) is 1.00. The Kier molecular flexibility index (Phi) is 4.36. The van der Waals surface area contributed by atoms with Crippen LogP contribution in [0.3, 0.4) is 0 Å². The number of benzene rings is 1. The van der Waals surface area contributed by atoms with Gasteiger partial charge in [-0.25, -0.2) is 0 Å². The minimum Gasteiger partial charge on any atom is -0.339 e. The first-order valence-electron chi connectivity index (χ1n) is 9.14. The van der Waals surface area contributed by atoms with Crippen molar-refractivity contribution in [2.75, 3.05) is 32.7 Å². The molecule has 0 bridgehead atoms. The van der Waals surface area contributed by atoms with Gasteiger partial charge in [-0.3, -0.25) is 4.79 Å². The van der Waals surface area contributed by atoms with E-state index in [1.165, 1.54) is 43.6 Å². The fourth-order valence-corrected chi connectivity index (χ4v) is 4.26. The zero-order valence-electron chi connectivity index (χ0n) is 13.9. The predicted octanol–water partition coefficient (Wildman–Crippen LogP) is 2.24. The van der Waals surface area contributed by atoms with Crippen molar-refractivity contribution >= 4 is 5.91 Å². The summed E-state index contributed by atoms with van der Waals surface area (Å²) >= 11 is 0. The van der Waals surface area contributed by atoms with Crippen LogP contribution in [0.4, 0.5) is 0 Å². The quantitative estimate of drug-likeness (QED) is 0.929. The molecule has 0 unspecified atom stereocenters. The molecule has 0 saturated carbocycles. The van der Waals surface area contributed by atoms with Gasteiger partial charge in [0.2, 0.25) is 0 Å². The molecule has 2 saturated heterocycles. The zero-order valence-corrected chi connectivity index (χ0v) is 13.9. The molecule has 0 spiro atoms. The van der Waals surface area contributed by atoms with E-state index in [1.54, 1.807) is 0 Å². The maximum absolute atomic E-state index is 12.7. The molecular weight excluding hydrogens is 286 g/mol. The molecule has 3 heterocycles. The van der Waals surface area contributed by atoms with E-state index in [0.717, 1.165) is 50.5 Å². The van der Waals surface area contributed by atoms with E-state index in [0.29, 0.717) is 0 Å². The second-order valence-corrected chi connectivity index (χ2v) is 7.33. The largest absolute Gasteiger partial charge is 0.339 e. The lowest BCUT2D eigenvalue weighted by atomic mass is 9.95. The molecule has 0 atom stereocenters. The van der Waals surface area contributed by atoms with E-state index in [4.69, 9.17) is 0 Å². The second-order valence-electron chi connectivity index (χ2n) is 7.33. The van der Waals surface area contributed by atoms with Crippen molar-refractivity contribution < 1.29 is 4.79 Å². The average molecular weight is 313 g/mol. The smallest absolute Gasteiger partial charge is 0.253 e. The third-order valence-corrected chi connectivity index (χ3v) is 5.70. The van der Waals surface area contributed by atoms with Gasteiger partial charge in [0.15, 0.2) is 0 Å². The minimum atomic E-state index is 0.222. The Morgan fingerprint density at radius 3 is 2.57 bits per heavy atom. The molecule has 3 aliphatic rings. The van der Waals surface area contributed by atoms with E-state index < -0.39 is 0 Å². The lowest BCUT2D eigenvalue weighted by Gasteiger charge is -2.34. The van der Waals surface area contributed by atoms with Crippen molar-refractivity contribution in [3.63, 3.8) is 0 Å². The third-order valence-electron chi connectivity index (χ3n) is 5.70. The number of carbonyl (C=O) groups excluding carboxylic acids is 1. The first kappa shape index (κ1) is 15.2. The molecule has 1 aromatic rings. The SMILES string of the molecule is O=C(c1ccc2c(c1)CNC2)N1CCC(CN2CCCC2)CC1. The van der Waals surface area contributed by atoms with Crippen molar-refractivity contribution in [3.05, 3.63) is 34.9 Å². The number of rotatable bonds is 3. The Morgan fingerprint density at radius 2 is 1.78 bits per heavy atom. The molecule has 0 aliphatic carbocycles. The molecule has 4 heteroatoms. The molecule has 1 aromatic carbocycles. The van der Waals surface area contributed by atoms with Crippen LogP contribution in [0.15, 0.2) is 18.2 Å². The van der Waals surface area contributed by atoms with Gasteiger partial charge in [-0.05, 0) is 68.0 Å². The number of nitrogens with zero attached hydrogens (tertiary/aromatic N) is 2. The van der Waals surface area contributed by atoms with Gasteiger partial charge in [0.1, 0.15) is 0 Å². The summed E-state index contributed by atoms with van der Waals surface area (Å²) in [4.78, 5) is 17.4. The van der Waals surface area contributed by atoms with Crippen LogP contribution in [0.2, 0.25) is 0 Å². The van der Waals surface area contributed by atoms with Crippen LogP contribution in [-0.4, -0.2) is 48.4 Å². The van der Waals surface area contributed by atoms with Gasteiger partial charge in [-0.15, -0.1) is 0 Å². The summed E-state index contributed by atoms with van der Waals surface area (Å²) in [6.07, 6.45) is 5.05. The fourth-order valence-electron chi connectivity index (χ4n) is 4.26. The average Bonchev–Trinajstić information content (AvgIpc) is 3.25. The van der Waals surface area contributed by atoms with E-state index >= 15 is 0 Å². The highest BCUT2D eigenvalue weighted by Crippen LogP contribution is 2.23.